The largest absolute Gasteiger partial charge is 0.380 e. The van der Waals surface area contributed by atoms with Crippen LogP contribution in [0.1, 0.15) is 27.2 Å². The minimum Gasteiger partial charge on any atom is -0.380 e. The van der Waals surface area contributed by atoms with E-state index in [4.69, 9.17) is 10.5 Å². The summed E-state index contributed by atoms with van der Waals surface area (Å²) in [6, 6.07) is 0. The molecule has 0 rings (SSSR count). The van der Waals surface area contributed by atoms with Crippen molar-refractivity contribution in [3.05, 3.63) is 0 Å². The Balaban J connectivity index is 4.19. The summed E-state index contributed by atoms with van der Waals surface area (Å²) in [6.45, 7) is 5.99. The molecule has 18 heavy (non-hydrogen) atoms. The van der Waals surface area contributed by atoms with Crippen molar-refractivity contribution in [1.82, 2.24) is 10.2 Å². The van der Waals surface area contributed by atoms with E-state index in [1.165, 1.54) is 12.0 Å². The number of nitrogens with zero attached hydrogens (tertiary/aromatic N) is 1. The van der Waals surface area contributed by atoms with E-state index in [1.807, 2.05) is 20.8 Å². The fourth-order valence-corrected chi connectivity index (χ4v) is 1.37. The molecule has 0 heterocycles. The second-order valence-electron chi connectivity index (χ2n) is 5.35. The molecule has 0 bridgehead atoms. The van der Waals surface area contributed by atoms with Crippen LogP contribution in [-0.2, 0) is 14.3 Å². The van der Waals surface area contributed by atoms with Gasteiger partial charge in [-0.1, -0.05) is 0 Å². The SMILES string of the molecule is COC(CN)CC(=O)N(C)CC(=O)NC(C)(C)C. The fourth-order valence-electron chi connectivity index (χ4n) is 1.37. The molecular weight excluding hydrogens is 234 g/mol. The van der Waals surface area contributed by atoms with Gasteiger partial charge < -0.3 is 20.7 Å². The average Bonchev–Trinajstić information content (AvgIpc) is 2.22. The van der Waals surface area contributed by atoms with E-state index >= 15 is 0 Å². The number of nitrogens with two attached hydrogens (primary N) is 1. The minimum atomic E-state index is -0.300. The van der Waals surface area contributed by atoms with Crippen molar-refractivity contribution in [2.45, 2.75) is 38.8 Å². The summed E-state index contributed by atoms with van der Waals surface area (Å²) in [5.41, 5.74) is 5.14. The minimum absolute atomic E-state index is 0.0388. The second-order valence-corrected chi connectivity index (χ2v) is 5.35. The summed E-state index contributed by atoms with van der Waals surface area (Å²) in [4.78, 5) is 24.8. The molecule has 0 aliphatic heterocycles. The van der Waals surface area contributed by atoms with Crippen LogP contribution >= 0.6 is 0 Å². The summed E-state index contributed by atoms with van der Waals surface area (Å²) < 4.78 is 5.03. The van der Waals surface area contributed by atoms with Crippen LogP contribution in [0.3, 0.4) is 0 Å². The Morgan fingerprint density at radius 3 is 2.33 bits per heavy atom. The highest BCUT2D eigenvalue weighted by atomic mass is 16.5. The van der Waals surface area contributed by atoms with Crippen molar-refractivity contribution in [1.29, 1.82) is 0 Å². The second kappa shape index (κ2) is 7.33. The Morgan fingerprint density at radius 2 is 1.94 bits per heavy atom. The lowest BCUT2D eigenvalue weighted by Crippen LogP contribution is -2.46. The van der Waals surface area contributed by atoms with Gasteiger partial charge in [-0.2, -0.15) is 0 Å². The van der Waals surface area contributed by atoms with Crippen molar-refractivity contribution >= 4 is 11.8 Å². The molecule has 6 heteroatoms. The Labute approximate surface area is 109 Å². The topological polar surface area (TPSA) is 84.7 Å². The van der Waals surface area contributed by atoms with E-state index in [9.17, 15) is 9.59 Å². The number of hydrogen-bond donors (Lipinski definition) is 2. The Kier molecular flexibility index (Phi) is 6.86. The highest BCUT2D eigenvalue weighted by molar-refractivity contribution is 5.85. The summed E-state index contributed by atoms with van der Waals surface area (Å²) in [6.07, 6.45) is -0.114. The molecule has 2 amide bonds. The first-order chi connectivity index (χ1) is 8.19. The van der Waals surface area contributed by atoms with E-state index in [0.29, 0.717) is 0 Å². The number of likely N-dealkylation sites (N-methyl/N-ethyl adjacent to an activating group) is 1. The average molecular weight is 259 g/mol. The van der Waals surface area contributed by atoms with Crippen molar-refractivity contribution in [2.75, 3.05) is 27.2 Å². The van der Waals surface area contributed by atoms with Crippen LogP contribution in [-0.4, -0.2) is 55.6 Å². The Morgan fingerprint density at radius 1 is 1.39 bits per heavy atom. The molecule has 3 N–H and O–H groups in total. The normalized spacial score (nSPS) is 13.0. The lowest BCUT2D eigenvalue weighted by atomic mass is 10.1. The molecule has 0 aromatic heterocycles. The van der Waals surface area contributed by atoms with Crippen molar-refractivity contribution in [3.8, 4) is 0 Å². The van der Waals surface area contributed by atoms with Crippen LogP contribution in [0.4, 0.5) is 0 Å². The van der Waals surface area contributed by atoms with Gasteiger partial charge in [-0.05, 0) is 20.8 Å². The molecule has 1 unspecified atom stereocenters. The first-order valence-electron chi connectivity index (χ1n) is 5.97. The number of carbonyl (C=O) groups excluding carboxylic acids is 2. The maximum atomic E-state index is 11.8. The smallest absolute Gasteiger partial charge is 0.240 e. The summed E-state index contributed by atoms with van der Waals surface area (Å²) in [5, 5.41) is 2.80. The summed E-state index contributed by atoms with van der Waals surface area (Å²) in [7, 11) is 3.10. The van der Waals surface area contributed by atoms with Gasteiger partial charge >= 0.3 is 0 Å². The lowest BCUT2D eigenvalue weighted by molar-refractivity contribution is -0.137. The number of rotatable bonds is 6. The molecule has 0 aliphatic rings. The standard InChI is InChI=1S/C12H25N3O3/c1-12(2,3)14-10(16)8-15(4)11(17)6-9(7-13)18-5/h9H,6-8,13H2,1-5H3,(H,14,16). The van der Waals surface area contributed by atoms with Crippen molar-refractivity contribution in [2.24, 2.45) is 5.73 Å². The maximum Gasteiger partial charge on any atom is 0.240 e. The molecule has 0 saturated carbocycles. The van der Waals surface area contributed by atoms with E-state index in [2.05, 4.69) is 5.32 Å². The van der Waals surface area contributed by atoms with Gasteiger partial charge in [0.15, 0.2) is 0 Å². The van der Waals surface area contributed by atoms with Crippen LogP contribution in [0.5, 0.6) is 0 Å². The van der Waals surface area contributed by atoms with Gasteiger partial charge in [0.2, 0.25) is 11.8 Å². The molecule has 0 fully saturated rings. The quantitative estimate of drug-likeness (QED) is 0.687. The maximum absolute atomic E-state index is 11.8. The number of carbonyl (C=O) groups is 2. The third-order valence-corrected chi connectivity index (χ3v) is 2.32. The first kappa shape index (κ1) is 16.9. The predicted octanol–water partition coefficient (Wildman–Crippen LogP) is -0.277. The van der Waals surface area contributed by atoms with Gasteiger partial charge in [0.25, 0.3) is 0 Å². The molecule has 0 aromatic rings. The number of hydrogen-bond acceptors (Lipinski definition) is 4. The van der Waals surface area contributed by atoms with Crippen molar-refractivity contribution in [3.63, 3.8) is 0 Å². The van der Waals surface area contributed by atoms with Gasteiger partial charge in [0, 0.05) is 26.2 Å². The Hall–Kier alpha value is -1.14. The number of amides is 2. The highest BCUT2D eigenvalue weighted by Crippen LogP contribution is 2.01. The highest BCUT2D eigenvalue weighted by Gasteiger charge is 2.19. The third-order valence-electron chi connectivity index (χ3n) is 2.32. The molecule has 0 saturated heterocycles. The van der Waals surface area contributed by atoms with E-state index in [-0.39, 0.29) is 43.0 Å². The van der Waals surface area contributed by atoms with Gasteiger partial charge in [0.05, 0.1) is 19.1 Å². The lowest BCUT2D eigenvalue weighted by Gasteiger charge is -2.24. The summed E-state index contributed by atoms with van der Waals surface area (Å²) >= 11 is 0. The molecule has 6 nitrogen and oxygen atoms in total. The van der Waals surface area contributed by atoms with Crippen LogP contribution in [0, 0.1) is 0 Å². The van der Waals surface area contributed by atoms with Crippen LogP contribution < -0.4 is 11.1 Å². The molecular formula is C12H25N3O3. The third kappa shape index (κ3) is 7.24. The van der Waals surface area contributed by atoms with Crippen LogP contribution in [0.2, 0.25) is 0 Å². The zero-order valence-corrected chi connectivity index (χ0v) is 11.9. The van der Waals surface area contributed by atoms with E-state index < -0.39 is 0 Å². The predicted molar refractivity (Wildman–Crippen MR) is 70.0 cm³/mol. The number of ether oxygens (including phenoxy) is 1. The zero-order chi connectivity index (χ0) is 14.3. The van der Waals surface area contributed by atoms with Gasteiger partial charge in [0.1, 0.15) is 0 Å². The van der Waals surface area contributed by atoms with Crippen LogP contribution in [0.15, 0.2) is 0 Å². The molecule has 106 valence electrons. The van der Waals surface area contributed by atoms with Crippen molar-refractivity contribution < 1.29 is 14.3 Å². The van der Waals surface area contributed by atoms with E-state index in [1.54, 1.807) is 7.05 Å². The Bertz CT molecular complexity index is 283. The van der Waals surface area contributed by atoms with Gasteiger partial charge in [-0.25, -0.2) is 0 Å². The first-order valence-corrected chi connectivity index (χ1v) is 5.97. The molecule has 0 spiro atoms. The zero-order valence-electron chi connectivity index (χ0n) is 11.9. The summed E-state index contributed by atoms with van der Waals surface area (Å²) in [5.74, 6) is -0.337. The number of nitrogens with one attached hydrogen (secondary N) is 1. The molecule has 0 aliphatic carbocycles. The molecule has 0 aromatic carbocycles. The monoisotopic (exact) mass is 259 g/mol. The fraction of sp³-hybridized carbons (Fsp3) is 0.833. The van der Waals surface area contributed by atoms with Gasteiger partial charge in [-0.15, -0.1) is 0 Å². The number of methoxy groups -OCH3 is 1. The van der Waals surface area contributed by atoms with E-state index in [0.717, 1.165) is 0 Å². The molecule has 0 radical (unpaired) electrons. The van der Waals surface area contributed by atoms with Crippen LogP contribution in [0.25, 0.3) is 0 Å². The van der Waals surface area contributed by atoms with Gasteiger partial charge in [-0.3, -0.25) is 9.59 Å². The molecule has 1 atom stereocenters.